The Labute approximate surface area is 224 Å². The standard InChI is InChI=1S/C25H28Cl2O10/c1-30-17-7-13(8-18(31-2)21(17)34-5)23(28)36-11-15-16(25(15,26)27)12-37-24(29)14-9-19(32-3)22(35-6)20(10-14)33-4/h7-10,15-16H,11-12H2,1-6H3. The molecule has 2 aromatic rings. The smallest absolute Gasteiger partial charge is 0.338 e. The van der Waals surface area contributed by atoms with E-state index < -0.39 is 28.1 Å². The third-order valence-electron chi connectivity index (χ3n) is 5.95. The minimum absolute atomic E-state index is 0.0884. The topological polar surface area (TPSA) is 108 Å². The number of hydrogen-bond acceptors (Lipinski definition) is 10. The van der Waals surface area contributed by atoms with Gasteiger partial charge in [0, 0.05) is 11.8 Å². The molecule has 0 heterocycles. The summed E-state index contributed by atoms with van der Waals surface area (Å²) in [4.78, 5) is 25.4. The molecule has 1 saturated carbocycles. The molecule has 12 heteroatoms. The van der Waals surface area contributed by atoms with Gasteiger partial charge in [-0.25, -0.2) is 9.59 Å². The number of benzene rings is 2. The molecular weight excluding hydrogens is 531 g/mol. The Balaban J connectivity index is 1.62. The van der Waals surface area contributed by atoms with E-state index in [-0.39, 0.29) is 24.3 Å². The van der Waals surface area contributed by atoms with Gasteiger partial charge in [-0.05, 0) is 24.3 Å². The average Bonchev–Trinajstić information content (AvgIpc) is 3.45. The summed E-state index contributed by atoms with van der Waals surface area (Å²) in [6.45, 7) is -0.177. The van der Waals surface area contributed by atoms with E-state index in [0.29, 0.717) is 34.5 Å². The Morgan fingerprint density at radius 1 is 0.622 bits per heavy atom. The molecule has 0 aromatic heterocycles. The molecule has 1 aliphatic rings. The lowest BCUT2D eigenvalue weighted by molar-refractivity contribution is 0.0418. The highest BCUT2D eigenvalue weighted by atomic mass is 35.5. The summed E-state index contributed by atoms with van der Waals surface area (Å²) in [7, 11) is 8.68. The minimum Gasteiger partial charge on any atom is -0.493 e. The first-order chi connectivity index (χ1) is 17.7. The van der Waals surface area contributed by atoms with Crippen molar-refractivity contribution in [1.82, 2.24) is 0 Å². The molecule has 0 radical (unpaired) electrons. The molecular formula is C25H28Cl2O10. The molecule has 0 N–H and O–H groups in total. The van der Waals surface area contributed by atoms with Crippen LogP contribution in [-0.4, -0.2) is 72.1 Å². The minimum atomic E-state index is -1.23. The van der Waals surface area contributed by atoms with Crippen molar-refractivity contribution in [3.8, 4) is 34.5 Å². The van der Waals surface area contributed by atoms with E-state index in [9.17, 15) is 9.59 Å². The summed E-state index contributed by atoms with van der Waals surface area (Å²) >= 11 is 12.7. The van der Waals surface area contributed by atoms with Crippen LogP contribution in [0.25, 0.3) is 0 Å². The van der Waals surface area contributed by atoms with Crippen LogP contribution >= 0.6 is 23.2 Å². The summed E-state index contributed by atoms with van der Waals surface area (Å²) in [6, 6.07) is 5.90. The Morgan fingerprint density at radius 3 is 1.16 bits per heavy atom. The van der Waals surface area contributed by atoms with Crippen LogP contribution in [0.1, 0.15) is 20.7 Å². The maximum atomic E-state index is 12.7. The number of carbonyl (C=O) groups excluding carboxylic acids is 2. The molecule has 1 fully saturated rings. The quantitative estimate of drug-likeness (QED) is 0.278. The van der Waals surface area contributed by atoms with Gasteiger partial charge in [-0.15, -0.1) is 23.2 Å². The van der Waals surface area contributed by atoms with Gasteiger partial charge < -0.3 is 37.9 Å². The lowest BCUT2D eigenvalue weighted by atomic mass is 10.2. The average molecular weight is 559 g/mol. The van der Waals surface area contributed by atoms with Gasteiger partial charge in [-0.2, -0.15) is 0 Å². The summed E-state index contributed by atoms with van der Waals surface area (Å²) in [5, 5.41) is 0. The Bertz CT molecular complexity index is 1010. The number of halogens is 2. The number of methoxy groups -OCH3 is 6. The van der Waals surface area contributed by atoms with E-state index >= 15 is 0 Å². The van der Waals surface area contributed by atoms with E-state index in [0.717, 1.165) is 0 Å². The van der Waals surface area contributed by atoms with Gasteiger partial charge in [0.15, 0.2) is 23.0 Å². The fourth-order valence-electron chi connectivity index (χ4n) is 3.81. The van der Waals surface area contributed by atoms with E-state index in [1.165, 1.54) is 66.9 Å². The van der Waals surface area contributed by atoms with Crippen LogP contribution in [0.5, 0.6) is 34.5 Å². The lowest BCUT2D eigenvalue weighted by Crippen LogP contribution is -2.12. The normalized spacial score (nSPS) is 17.3. The van der Waals surface area contributed by atoms with Gasteiger partial charge in [0.1, 0.15) is 4.33 Å². The highest BCUT2D eigenvalue weighted by Gasteiger charge is 2.64. The van der Waals surface area contributed by atoms with Crippen LogP contribution in [0.2, 0.25) is 0 Å². The third-order valence-corrected chi connectivity index (χ3v) is 7.08. The SMILES string of the molecule is COc1cc(C(=O)OCC2C(COC(=O)c3cc(OC)c(OC)c(OC)c3)C2(Cl)Cl)cc(OC)c1OC. The Morgan fingerprint density at radius 2 is 0.919 bits per heavy atom. The zero-order valence-electron chi connectivity index (χ0n) is 21.2. The Hall–Kier alpha value is -3.24. The number of esters is 2. The molecule has 0 amide bonds. The van der Waals surface area contributed by atoms with Crippen LogP contribution in [-0.2, 0) is 9.47 Å². The molecule has 0 bridgehead atoms. The van der Waals surface area contributed by atoms with Crippen molar-refractivity contribution in [3.63, 3.8) is 0 Å². The molecule has 1 aliphatic carbocycles. The summed E-state index contributed by atoms with van der Waals surface area (Å²) in [6.07, 6.45) is 0. The maximum absolute atomic E-state index is 12.7. The zero-order valence-corrected chi connectivity index (χ0v) is 22.7. The number of ether oxygens (including phenoxy) is 8. The Kier molecular flexibility index (Phi) is 9.09. The number of hydrogen-bond donors (Lipinski definition) is 0. The van der Waals surface area contributed by atoms with Crippen LogP contribution in [0.3, 0.4) is 0 Å². The summed E-state index contributed by atoms with van der Waals surface area (Å²) in [5.41, 5.74) is 0.380. The molecule has 10 nitrogen and oxygen atoms in total. The second kappa shape index (κ2) is 11.9. The van der Waals surface area contributed by atoms with E-state index in [1.807, 2.05) is 0 Å². The van der Waals surface area contributed by atoms with Crippen LogP contribution in [0, 0.1) is 11.8 Å². The predicted molar refractivity (Wildman–Crippen MR) is 134 cm³/mol. The summed E-state index contributed by atoms with van der Waals surface area (Å²) < 4.78 is 41.2. The van der Waals surface area contributed by atoms with Crippen molar-refractivity contribution in [3.05, 3.63) is 35.4 Å². The molecule has 2 unspecified atom stereocenters. The fourth-order valence-corrected chi connectivity index (χ4v) is 4.54. The van der Waals surface area contributed by atoms with Crippen molar-refractivity contribution in [2.75, 3.05) is 55.9 Å². The lowest BCUT2D eigenvalue weighted by Gasteiger charge is -2.14. The molecule has 2 aromatic carbocycles. The molecule has 0 aliphatic heterocycles. The van der Waals surface area contributed by atoms with Gasteiger partial charge in [0.25, 0.3) is 0 Å². The van der Waals surface area contributed by atoms with Crippen molar-refractivity contribution >= 4 is 35.1 Å². The number of alkyl halides is 2. The second-order valence-corrected chi connectivity index (χ2v) is 9.36. The van der Waals surface area contributed by atoms with Gasteiger partial charge in [0.05, 0.1) is 67.0 Å². The molecule has 0 saturated heterocycles. The van der Waals surface area contributed by atoms with Crippen LogP contribution in [0.4, 0.5) is 0 Å². The van der Waals surface area contributed by atoms with Crippen LogP contribution in [0.15, 0.2) is 24.3 Å². The number of carbonyl (C=O) groups is 2. The number of rotatable bonds is 12. The molecule has 3 rings (SSSR count). The predicted octanol–water partition coefficient (Wildman–Crippen LogP) is 4.17. The largest absolute Gasteiger partial charge is 0.493 e. The van der Waals surface area contributed by atoms with Crippen molar-refractivity contribution < 1.29 is 47.5 Å². The van der Waals surface area contributed by atoms with Crippen molar-refractivity contribution in [2.45, 2.75) is 4.33 Å². The maximum Gasteiger partial charge on any atom is 0.338 e. The zero-order chi connectivity index (χ0) is 27.3. The highest BCUT2D eigenvalue weighted by Crippen LogP contribution is 2.59. The highest BCUT2D eigenvalue weighted by molar-refractivity contribution is 6.51. The van der Waals surface area contributed by atoms with Crippen LogP contribution < -0.4 is 28.4 Å². The first-order valence-corrected chi connectivity index (χ1v) is 11.7. The molecule has 2 atom stereocenters. The van der Waals surface area contributed by atoms with Crippen molar-refractivity contribution in [1.29, 1.82) is 0 Å². The van der Waals surface area contributed by atoms with E-state index in [1.54, 1.807) is 0 Å². The second-order valence-electron chi connectivity index (χ2n) is 7.91. The van der Waals surface area contributed by atoms with E-state index in [4.69, 9.17) is 61.1 Å². The molecule has 202 valence electrons. The first-order valence-electron chi connectivity index (χ1n) is 11.0. The van der Waals surface area contributed by atoms with Gasteiger partial charge in [0.2, 0.25) is 11.5 Å². The molecule has 0 spiro atoms. The monoisotopic (exact) mass is 558 g/mol. The third kappa shape index (κ3) is 5.86. The van der Waals surface area contributed by atoms with Gasteiger partial charge in [-0.1, -0.05) is 0 Å². The summed E-state index contributed by atoms with van der Waals surface area (Å²) in [5.74, 6) is -0.254. The van der Waals surface area contributed by atoms with E-state index in [2.05, 4.69) is 0 Å². The molecule has 37 heavy (non-hydrogen) atoms. The first kappa shape index (κ1) is 28.3. The van der Waals surface area contributed by atoms with Gasteiger partial charge in [-0.3, -0.25) is 0 Å². The fraction of sp³-hybridized carbons (Fsp3) is 0.440. The van der Waals surface area contributed by atoms with Crippen molar-refractivity contribution in [2.24, 2.45) is 11.8 Å². The van der Waals surface area contributed by atoms with Gasteiger partial charge >= 0.3 is 11.9 Å².